The molecule has 2 aliphatic rings. The van der Waals surface area contributed by atoms with Gasteiger partial charge in [-0.2, -0.15) is 0 Å². The largest absolute Gasteiger partial charge is 0.478 e. The highest BCUT2D eigenvalue weighted by atomic mass is 16.4. The number of nitrogens with zero attached hydrogens (tertiary/aromatic N) is 1. The van der Waals surface area contributed by atoms with Gasteiger partial charge in [-0.1, -0.05) is 19.3 Å². The van der Waals surface area contributed by atoms with Gasteiger partial charge in [0.2, 0.25) is 0 Å². The summed E-state index contributed by atoms with van der Waals surface area (Å²) in [5.41, 5.74) is 0.431. The first-order chi connectivity index (χ1) is 8.20. The maximum absolute atomic E-state index is 11.2. The van der Waals surface area contributed by atoms with Crippen LogP contribution in [0.25, 0.3) is 0 Å². The lowest BCUT2D eigenvalue weighted by Gasteiger charge is -2.38. The van der Waals surface area contributed by atoms with E-state index in [1.807, 2.05) is 13.2 Å². The van der Waals surface area contributed by atoms with Crippen LogP contribution in [0.15, 0.2) is 23.9 Å². The molecule has 1 heterocycles. The van der Waals surface area contributed by atoms with Crippen LogP contribution in [0.2, 0.25) is 0 Å². The summed E-state index contributed by atoms with van der Waals surface area (Å²) in [5, 5.41) is 12.3. The van der Waals surface area contributed by atoms with Crippen molar-refractivity contribution < 1.29 is 9.90 Å². The van der Waals surface area contributed by atoms with Gasteiger partial charge in [0.15, 0.2) is 0 Å². The Labute approximate surface area is 102 Å². The summed E-state index contributed by atoms with van der Waals surface area (Å²) in [5.74, 6) is -0.838. The summed E-state index contributed by atoms with van der Waals surface area (Å²) in [6, 6.07) is 0.496. The summed E-state index contributed by atoms with van der Waals surface area (Å²) in [4.78, 5) is 13.4. The van der Waals surface area contributed by atoms with Crippen molar-refractivity contribution in [2.45, 2.75) is 44.3 Å². The molecule has 2 N–H and O–H groups in total. The van der Waals surface area contributed by atoms with Crippen LogP contribution >= 0.6 is 0 Å². The molecule has 0 radical (unpaired) electrons. The zero-order chi connectivity index (χ0) is 12.3. The molecule has 94 valence electrons. The average Bonchev–Trinajstić information content (AvgIpc) is 2.39. The molecule has 1 saturated carbocycles. The van der Waals surface area contributed by atoms with Crippen LogP contribution < -0.4 is 5.32 Å². The molecule has 1 aliphatic carbocycles. The molecule has 0 aromatic heterocycles. The van der Waals surface area contributed by atoms with Gasteiger partial charge in [0.1, 0.15) is 6.17 Å². The molecule has 0 aromatic rings. The molecule has 0 bridgehead atoms. The van der Waals surface area contributed by atoms with Gasteiger partial charge in [-0.25, -0.2) is 4.79 Å². The number of hydrogen-bond donors (Lipinski definition) is 2. The van der Waals surface area contributed by atoms with Gasteiger partial charge in [-0.15, -0.1) is 0 Å². The summed E-state index contributed by atoms with van der Waals surface area (Å²) in [6.07, 6.45) is 11.2. The van der Waals surface area contributed by atoms with E-state index in [4.69, 9.17) is 0 Å². The van der Waals surface area contributed by atoms with Crippen LogP contribution in [0, 0.1) is 0 Å². The molecule has 2 rings (SSSR count). The molecule has 1 aliphatic heterocycles. The van der Waals surface area contributed by atoms with E-state index in [0.29, 0.717) is 11.6 Å². The van der Waals surface area contributed by atoms with Crippen LogP contribution in [0.3, 0.4) is 0 Å². The van der Waals surface area contributed by atoms with E-state index in [0.717, 1.165) is 0 Å². The monoisotopic (exact) mass is 236 g/mol. The number of carboxylic acid groups (broad SMARTS) is 1. The highest BCUT2D eigenvalue weighted by molar-refractivity contribution is 5.88. The zero-order valence-corrected chi connectivity index (χ0v) is 10.2. The maximum atomic E-state index is 11.2. The predicted octanol–water partition coefficient (Wildman–Crippen LogP) is 1.70. The van der Waals surface area contributed by atoms with Crippen molar-refractivity contribution in [2.75, 3.05) is 7.05 Å². The molecule has 1 atom stereocenters. The zero-order valence-electron chi connectivity index (χ0n) is 10.2. The first kappa shape index (κ1) is 12.2. The number of hydrogen-bond acceptors (Lipinski definition) is 3. The third-order valence-corrected chi connectivity index (χ3v) is 3.73. The minimum atomic E-state index is -0.838. The van der Waals surface area contributed by atoms with Gasteiger partial charge in [0.25, 0.3) is 0 Å². The minimum Gasteiger partial charge on any atom is -0.478 e. The van der Waals surface area contributed by atoms with Crippen molar-refractivity contribution in [1.82, 2.24) is 10.2 Å². The van der Waals surface area contributed by atoms with Gasteiger partial charge in [0, 0.05) is 6.04 Å². The summed E-state index contributed by atoms with van der Waals surface area (Å²) in [6.45, 7) is 0. The number of rotatable bonds is 3. The third-order valence-electron chi connectivity index (χ3n) is 3.73. The SMILES string of the molecule is CN(C1CCCCC1)C1NC=CC=C1C(=O)O. The molecule has 17 heavy (non-hydrogen) atoms. The van der Waals surface area contributed by atoms with Crippen molar-refractivity contribution in [3.8, 4) is 0 Å². The molecular weight excluding hydrogens is 216 g/mol. The molecular formula is C13H20N2O2. The molecule has 1 fully saturated rings. The van der Waals surface area contributed by atoms with Crippen molar-refractivity contribution in [1.29, 1.82) is 0 Å². The van der Waals surface area contributed by atoms with Crippen molar-refractivity contribution >= 4 is 5.97 Å². The van der Waals surface area contributed by atoms with Crippen molar-refractivity contribution in [3.63, 3.8) is 0 Å². The third kappa shape index (κ3) is 2.69. The normalized spacial score (nSPS) is 25.5. The van der Waals surface area contributed by atoms with E-state index in [1.54, 1.807) is 12.2 Å². The number of likely N-dealkylation sites (N-methyl/N-ethyl adjacent to an activating group) is 1. The molecule has 4 heteroatoms. The fraction of sp³-hybridized carbons (Fsp3) is 0.615. The van der Waals surface area contributed by atoms with Gasteiger partial charge in [-0.05, 0) is 38.2 Å². The van der Waals surface area contributed by atoms with Gasteiger partial charge in [0.05, 0.1) is 5.57 Å². The van der Waals surface area contributed by atoms with Crippen LogP contribution in [0.1, 0.15) is 32.1 Å². The second kappa shape index (κ2) is 5.36. The second-order valence-corrected chi connectivity index (χ2v) is 4.81. The van der Waals surface area contributed by atoms with Crippen molar-refractivity contribution in [2.24, 2.45) is 0 Å². The van der Waals surface area contributed by atoms with Crippen LogP contribution in [-0.4, -0.2) is 35.2 Å². The molecule has 0 spiro atoms. The Bertz CT molecular complexity index is 343. The Morgan fingerprint density at radius 1 is 1.41 bits per heavy atom. The minimum absolute atomic E-state index is 0.194. The molecule has 0 aromatic carbocycles. The van der Waals surface area contributed by atoms with E-state index in [9.17, 15) is 9.90 Å². The van der Waals surface area contributed by atoms with E-state index < -0.39 is 5.97 Å². The lowest BCUT2D eigenvalue weighted by Crippen LogP contribution is -2.50. The molecule has 0 saturated heterocycles. The van der Waals surface area contributed by atoms with Gasteiger partial charge in [-0.3, -0.25) is 4.90 Å². The number of dihydropyridines is 1. The summed E-state index contributed by atoms with van der Waals surface area (Å²) in [7, 11) is 2.02. The van der Waals surface area contributed by atoms with E-state index in [-0.39, 0.29) is 6.17 Å². The highest BCUT2D eigenvalue weighted by Gasteiger charge is 2.29. The summed E-state index contributed by atoms with van der Waals surface area (Å²) < 4.78 is 0. The van der Waals surface area contributed by atoms with E-state index in [1.165, 1.54) is 32.1 Å². The molecule has 1 unspecified atom stereocenters. The van der Waals surface area contributed by atoms with Gasteiger partial charge >= 0.3 is 5.97 Å². The Kier molecular flexibility index (Phi) is 3.84. The first-order valence-electron chi connectivity index (χ1n) is 6.28. The van der Waals surface area contributed by atoms with E-state index in [2.05, 4.69) is 10.2 Å². The number of carbonyl (C=O) groups is 1. The fourth-order valence-corrected chi connectivity index (χ4v) is 2.70. The van der Waals surface area contributed by atoms with Crippen LogP contribution in [0.5, 0.6) is 0 Å². The standard InChI is InChI=1S/C13H20N2O2/c1-15(10-6-3-2-4-7-10)12-11(13(16)17)8-5-9-14-12/h5,8-10,12,14H,2-4,6-7H2,1H3,(H,16,17). The van der Waals surface area contributed by atoms with Gasteiger partial charge < -0.3 is 10.4 Å². The Morgan fingerprint density at radius 3 is 2.76 bits per heavy atom. The first-order valence-corrected chi connectivity index (χ1v) is 6.28. The van der Waals surface area contributed by atoms with Crippen LogP contribution in [0.4, 0.5) is 0 Å². The number of aliphatic carboxylic acids is 1. The Balaban J connectivity index is 2.07. The van der Waals surface area contributed by atoms with Crippen molar-refractivity contribution in [3.05, 3.63) is 23.9 Å². The average molecular weight is 236 g/mol. The molecule has 0 amide bonds. The van der Waals surface area contributed by atoms with Crippen LogP contribution in [-0.2, 0) is 4.79 Å². The topological polar surface area (TPSA) is 52.6 Å². The lowest BCUT2D eigenvalue weighted by molar-refractivity contribution is -0.133. The fourth-order valence-electron chi connectivity index (χ4n) is 2.70. The van der Waals surface area contributed by atoms with E-state index >= 15 is 0 Å². The predicted molar refractivity (Wildman–Crippen MR) is 66.4 cm³/mol. The Morgan fingerprint density at radius 2 is 2.12 bits per heavy atom. The maximum Gasteiger partial charge on any atom is 0.335 e. The number of allylic oxidation sites excluding steroid dienone is 2. The molecule has 4 nitrogen and oxygen atoms in total. The highest BCUT2D eigenvalue weighted by Crippen LogP contribution is 2.25. The summed E-state index contributed by atoms with van der Waals surface area (Å²) >= 11 is 0. The number of nitrogens with one attached hydrogen (secondary N) is 1. The smallest absolute Gasteiger partial charge is 0.335 e. The lowest BCUT2D eigenvalue weighted by atomic mass is 9.93. The number of carboxylic acids is 1. The quantitative estimate of drug-likeness (QED) is 0.783. The second-order valence-electron chi connectivity index (χ2n) is 4.81. The Hall–Kier alpha value is -1.29.